The number of halogens is 2. The van der Waals surface area contributed by atoms with Crippen molar-refractivity contribution in [1.82, 2.24) is 0 Å². The molecule has 0 saturated heterocycles. The van der Waals surface area contributed by atoms with E-state index in [1.807, 2.05) is 19.1 Å². The van der Waals surface area contributed by atoms with Crippen molar-refractivity contribution in [2.45, 2.75) is 104 Å². The van der Waals surface area contributed by atoms with E-state index < -0.39 is 0 Å². The third-order valence-corrected chi connectivity index (χ3v) is 9.50. The lowest BCUT2D eigenvalue weighted by Crippen LogP contribution is -2.28. The molecule has 1 aromatic carbocycles. The number of unbranched alkanes of at least 4 members (excludes halogenated alkanes) is 1. The van der Waals surface area contributed by atoms with Crippen molar-refractivity contribution in [2.24, 2.45) is 29.6 Å². The fourth-order valence-corrected chi connectivity index (χ4v) is 7.32. The maximum atomic E-state index is 14.9. The summed E-state index contributed by atoms with van der Waals surface area (Å²) in [5, 5.41) is 0.120. The lowest BCUT2D eigenvalue weighted by atomic mass is 9.65. The number of hydrogen-bond acceptors (Lipinski definition) is 1. The van der Waals surface area contributed by atoms with Crippen LogP contribution in [0.15, 0.2) is 18.2 Å². The second-order valence-electron chi connectivity index (χ2n) is 11.0. The topological polar surface area (TPSA) is 9.23 Å². The van der Waals surface area contributed by atoms with Crippen LogP contribution in [0.1, 0.15) is 109 Å². The second kappa shape index (κ2) is 12.1. The fraction of sp³-hybridized carbons (Fsp3) is 0.733. The molecule has 184 valence electrons. The third-order valence-electron chi connectivity index (χ3n) is 9.15. The second-order valence-corrected chi connectivity index (χ2v) is 11.4. The molecule has 0 aliphatic heterocycles. The Morgan fingerprint density at radius 3 is 2.09 bits per heavy atom. The van der Waals surface area contributed by atoms with Crippen molar-refractivity contribution in [1.29, 1.82) is 0 Å². The summed E-state index contributed by atoms with van der Waals surface area (Å²) in [6.45, 7) is 4.70. The van der Waals surface area contributed by atoms with Gasteiger partial charge in [0.25, 0.3) is 0 Å². The monoisotopic (exact) mass is 474 g/mol. The molecular weight excluding hydrogens is 431 g/mol. The Kier molecular flexibility index (Phi) is 9.19. The van der Waals surface area contributed by atoms with Gasteiger partial charge in [-0.3, -0.25) is 0 Å². The van der Waals surface area contributed by atoms with Crippen LogP contribution in [0.25, 0.3) is 5.57 Å². The van der Waals surface area contributed by atoms with Crippen LogP contribution in [-0.4, -0.2) is 6.61 Å². The molecule has 0 spiro atoms. The van der Waals surface area contributed by atoms with Gasteiger partial charge in [-0.1, -0.05) is 56.7 Å². The molecule has 0 aromatic heterocycles. The van der Waals surface area contributed by atoms with Gasteiger partial charge in [0.1, 0.15) is 10.8 Å². The SMILES string of the molecule is CCCCC1CCC(C2CCC(C3CC=C(c4ccc(OCC)c(Cl)c4F)CC3)CC2)CC1. The van der Waals surface area contributed by atoms with E-state index in [1.54, 1.807) is 0 Å². The van der Waals surface area contributed by atoms with Crippen LogP contribution >= 0.6 is 11.6 Å². The molecule has 4 rings (SSSR count). The molecule has 3 aliphatic carbocycles. The van der Waals surface area contributed by atoms with Gasteiger partial charge < -0.3 is 4.74 Å². The van der Waals surface area contributed by atoms with Crippen molar-refractivity contribution in [3.05, 3.63) is 34.6 Å². The number of rotatable bonds is 8. The van der Waals surface area contributed by atoms with Crippen molar-refractivity contribution in [3.63, 3.8) is 0 Å². The van der Waals surface area contributed by atoms with Crippen molar-refractivity contribution in [2.75, 3.05) is 6.61 Å². The summed E-state index contributed by atoms with van der Waals surface area (Å²) < 4.78 is 20.3. The van der Waals surface area contributed by atoms with Gasteiger partial charge in [-0.2, -0.15) is 0 Å². The molecule has 0 amide bonds. The normalized spacial score (nSPS) is 30.7. The summed E-state index contributed by atoms with van der Waals surface area (Å²) in [6.07, 6.45) is 21.5. The van der Waals surface area contributed by atoms with Crippen LogP contribution in [0, 0.1) is 35.4 Å². The first kappa shape index (κ1) is 25.1. The van der Waals surface area contributed by atoms with E-state index in [0.717, 1.165) is 48.0 Å². The molecule has 2 saturated carbocycles. The summed E-state index contributed by atoms with van der Waals surface area (Å²) in [5.74, 6) is 4.79. The lowest BCUT2D eigenvalue weighted by molar-refractivity contribution is 0.120. The molecule has 33 heavy (non-hydrogen) atoms. The summed E-state index contributed by atoms with van der Waals surface area (Å²) in [6, 6.07) is 3.66. The number of allylic oxidation sites excluding steroid dienone is 2. The number of hydrogen-bond donors (Lipinski definition) is 0. The average molecular weight is 475 g/mol. The molecule has 0 N–H and O–H groups in total. The molecule has 1 aromatic rings. The van der Waals surface area contributed by atoms with E-state index in [0.29, 0.717) is 17.9 Å². The maximum Gasteiger partial charge on any atom is 0.153 e. The summed E-state index contributed by atoms with van der Waals surface area (Å²) in [7, 11) is 0. The first-order valence-corrected chi connectivity index (χ1v) is 14.3. The molecular formula is C30H44ClFO. The van der Waals surface area contributed by atoms with Crippen LogP contribution in [0.5, 0.6) is 5.75 Å². The minimum atomic E-state index is -0.322. The van der Waals surface area contributed by atoms with Crippen molar-refractivity contribution < 1.29 is 9.13 Å². The van der Waals surface area contributed by atoms with Gasteiger partial charge in [0.05, 0.1) is 6.61 Å². The Morgan fingerprint density at radius 2 is 1.52 bits per heavy atom. The molecule has 3 aliphatic rings. The molecule has 1 unspecified atom stereocenters. The van der Waals surface area contributed by atoms with Crippen LogP contribution in [0.2, 0.25) is 5.02 Å². The van der Waals surface area contributed by atoms with Gasteiger partial charge in [0.2, 0.25) is 0 Å². The molecule has 1 atom stereocenters. The van der Waals surface area contributed by atoms with E-state index in [-0.39, 0.29) is 10.8 Å². The Bertz CT molecular complexity index is 787. The van der Waals surface area contributed by atoms with E-state index >= 15 is 0 Å². The van der Waals surface area contributed by atoms with Gasteiger partial charge in [0.15, 0.2) is 5.82 Å². The van der Waals surface area contributed by atoms with E-state index in [2.05, 4.69) is 13.0 Å². The predicted molar refractivity (Wildman–Crippen MR) is 138 cm³/mol. The number of ether oxygens (including phenoxy) is 1. The van der Waals surface area contributed by atoms with Crippen LogP contribution < -0.4 is 4.74 Å². The zero-order chi connectivity index (χ0) is 23.2. The minimum absolute atomic E-state index is 0.120. The van der Waals surface area contributed by atoms with Crippen LogP contribution in [0.3, 0.4) is 0 Å². The highest BCUT2D eigenvalue weighted by molar-refractivity contribution is 6.32. The van der Waals surface area contributed by atoms with Crippen molar-refractivity contribution >= 4 is 17.2 Å². The van der Waals surface area contributed by atoms with Gasteiger partial charge in [-0.05, 0) is 112 Å². The smallest absolute Gasteiger partial charge is 0.153 e. The van der Waals surface area contributed by atoms with Gasteiger partial charge in [-0.25, -0.2) is 4.39 Å². The highest BCUT2D eigenvalue weighted by Crippen LogP contribution is 2.46. The van der Waals surface area contributed by atoms with E-state index in [4.69, 9.17) is 16.3 Å². The average Bonchev–Trinajstić information content (AvgIpc) is 2.86. The molecule has 0 heterocycles. The Hall–Kier alpha value is -1.02. The quantitative estimate of drug-likeness (QED) is 0.364. The molecule has 3 heteroatoms. The molecule has 1 nitrogen and oxygen atoms in total. The first-order chi connectivity index (χ1) is 16.1. The van der Waals surface area contributed by atoms with Gasteiger partial charge >= 0.3 is 0 Å². The van der Waals surface area contributed by atoms with Crippen LogP contribution in [-0.2, 0) is 0 Å². The predicted octanol–water partition coefficient (Wildman–Crippen LogP) is 9.86. The lowest BCUT2D eigenvalue weighted by Gasteiger charge is -2.40. The van der Waals surface area contributed by atoms with Gasteiger partial charge in [-0.15, -0.1) is 0 Å². The standard InChI is InChI=1S/C30H44ClFO/c1-3-5-6-21-7-9-22(10-8-21)23-11-13-24(14-12-23)25-15-17-26(18-16-25)27-19-20-28(33-4-2)29(31)30(27)32/h17,19-25H,3-16,18H2,1-2H3. The molecule has 0 radical (unpaired) electrons. The Morgan fingerprint density at radius 1 is 0.879 bits per heavy atom. The van der Waals surface area contributed by atoms with E-state index in [9.17, 15) is 4.39 Å². The number of benzene rings is 1. The highest BCUT2D eigenvalue weighted by Gasteiger charge is 2.34. The molecule has 2 fully saturated rings. The summed E-state index contributed by atoms with van der Waals surface area (Å²) in [5.41, 5.74) is 1.79. The Labute approximate surface area is 206 Å². The highest BCUT2D eigenvalue weighted by atomic mass is 35.5. The first-order valence-electron chi connectivity index (χ1n) is 13.9. The maximum absolute atomic E-state index is 14.9. The summed E-state index contributed by atoms with van der Waals surface area (Å²) in [4.78, 5) is 0. The zero-order valence-electron chi connectivity index (χ0n) is 20.9. The van der Waals surface area contributed by atoms with Crippen molar-refractivity contribution in [3.8, 4) is 5.75 Å². The zero-order valence-corrected chi connectivity index (χ0v) is 21.6. The Balaban J connectivity index is 1.26. The largest absolute Gasteiger partial charge is 0.492 e. The fourth-order valence-electron chi connectivity index (χ4n) is 7.10. The van der Waals surface area contributed by atoms with Crippen LogP contribution in [0.4, 0.5) is 4.39 Å². The molecule has 0 bridgehead atoms. The van der Waals surface area contributed by atoms with Gasteiger partial charge in [0, 0.05) is 5.56 Å². The third kappa shape index (κ3) is 6.16. The summed E-state index contributed by atoms with van der Waals surface area (Å²) >= 11 is 6.23. The minimum Gasteiger partial charge on any atom is -0.492 e. The van der Waals surface area contributed by atoms with E-state index in [1.165, 1.54) is 77.0 Å².